The molecule has 0 bridgehead atoms. The molecule has 1 aromatic rings. The van der Waals surface area contributed by atoms with Gasteiger partial charge < -0.3 is 10.1 Å². The third-order valence-electron chi connectivity index (χ3n) is 3.09. The minimum absolute atomic E-state index is 0.00292. The number of benzene rings is 1. The minimum atomic E-state index is -0.510. The van der Waals surface area contributed by atoms with E-state index in [0.29, 0.717) is 6.61 Å². The van der Waals surface area contributed by atoms with Gasteiger partial charge in [-0.05, 0) is 44.9 Å². The first-order valence-electron chi connectivity index (χ1n) is 5.57. The first kappa shape index (κ1) is 12.4. The highest BCUT2D eigenvalue weighted by Crippen LogP contribution is 2.40. The van der Waals surface area contributed by atoms with Crippen LogP contribution in [0.3, 0.4) is 0 Å². The smallest absolute Gasteiger partial charge is 0.233 e. The van der Waals surface area contributed by atoms with Crippen molar-refractivity contribution in [3.8, 4) is 5.75 Å². The van der Waals surface area contributed by atoms with Crippen molar-refractivity contribution in [3.63, 3.8) is 0 Å². The van der Waals surface area contributed by atoms with Crippen molar-refractivity contribution in [2.75, 3.05) is 11.9 Å². The molecule has 92 valence electrons. The maximum atomic E-state index is 12.1. The third kappa shape index (κ3) is 2.06. The Labute approximate surface area is 110 Å². The molecule has 1 amide bonds. The normalized spacial score (nSPS) is 17.8. The third-order valence-corrected chi connectivity index (χ3v) is 3.92. The van der Waals surface area contributed by atoms with Crippen molar-refractivity contribution < 1.29 is 9.53 Å². The second-order valence-corrected chi connectivity index (χ2v) is 5.99. The van der Waals surface area contributed by atoms with Crippen LogP contribution in [0.15, 0.2) is 10.5 Å². The number of rotatable bonds is 0. The summed E-state index contributed by atoms with van der Waals surface area (Å²) in [5.41, 5.74) is 2.30. The molecule has 2 rings (SSSR count). The quantitative estimate of drug-likeness (QED) is 0.797. The number of amides is 1. The Morgan fingerprint density at radius 1 is 1.41 bits per heavy atom. The zero-order valence-corrected chi connectivity index (χ0v) is 12.1. The molecule has 4 heteroatoms. The average Bonchev–Trinajstić information content (AvgIpc) is 2.35. The molecule has 0 spiro atoms. The van der Waals surface area contributed by atoms with Crippen molar-refractivity contribution in [1.82, 2.24) is 0 Å². The van der Waals surface area contributed by atoms with Crippen molar-refractivity contribution in [2.45, 2.75) is 27.7 Å². The molecule has 1 N–H and O–H groups in total. The number of halogens is 1. The van der Waals surface area contributed by atoms with Gasteiger partial charge >= 0.3 is 0 Å². The molecule has 1 heterocycles. The summed E-state index contributed by atoms with van der Waals surface area (Å²) in [6.07, 6.45) is 0. The zero-order valence-electron chi connectivity index (χ0n) is 10.5. The summed E-state index contributed by atoms with van der Waals surface area (Å²) in [5, 5.41) is 2.97. The van der Waals surface area contributed by atoms with E-state index in [0.717, 1.165) is 27.0 Å². The second-order valence-electron chi connectivity index (χ2n) is 5.13. The lowest BCUT2D eigenvalue weighted by Gasteiger charge is -2.18. The summed E-state index contributed by atoms with van der Waals surface area (Å²) in [6.45, 7) is 8.10. The number of hydrogen-bond acceptors (Lipinski definition) is 2. The summed E-state index contributed by atoms with van der Waals surface area (Å²) >= 11 is 3.49. The van der Waals surface area contributed by atoms with Crippen molar-refractivity contribution in [1.29, 1.82) is 0 Å². The van der Waals surface area contributed by atoms with E-state index in [2.05, 4.69) is 21.2 Å². The van der Waals surface area contributed by atoms with Crippen LogP contribution >= 0.6 is 15.9 Å². The molecule has 17 heavy (non-hydrogen) atoms. The molecule has 0 saturated carbocycles. The Morgan fingerprint density at radius 2 is 2.06 bits per heavy atom. The topological polar surface area (TPSA) is 38.3 Å². The van der Waals surface area contributed by atoms with Gasteiger partial charge in [0.15, 0.2) is 0 Å². The summed E-state index contributed by atoms with van der Waals surface area (Å²) in [6, 6.07) is 2.01. The van der Waals surface area contributed by atoms with Crippen LogP contribution in [0.25, 0.3) is 0 Å². The number of ether oxygens (including phenoxy) is 1. The van der Waals surface area contributed by atoms with E-state index in [1.807, 2.05) is 33.8 Å². The fourth-order valence-corrected chi connectivity index (χ4v) is 2.33. The largest absolute Gasteiger partial charge is 0.490 e. The summed E-state index contributed by atoms with van der Waals surface area (Å²) in [4.78, 5) is 12.1. The molecule has 0 unspecified atom stereocenters. The number of hydrogen-bond donors (Lipinski definition) is 1. The Bertz CT molecular complexity index is 495. The second kappa shape index (κ2) is 4.02. The van der Waals surface area contributed by atoms with Gasteiger partial charge in [0.1, 0.15) is 12.4 Å². The lowest BCUT2D eigenvalue weighted by molar-refractivity contribution is -0.124. The van der Waals surface area contributed by atoms with E-state index < -0.39 is 5.41 Å². The molecule has 0 aromatic heterocycles. The van der Waals surface area contributed by atoms with E-state index in [-0.39, 0.29) is 5.91 Å². The number of carbonyl (C=O) groups is 1. The van der Waals surface area contributed by atoms with Crippen molar-refractivity contribution in [3.05, 3.63) is 21.7 Å². The van der Waals surface area contributed by atoms with Gasteiger partial charge in [0, 0.05) is 4.47 Å². The molecule has 0 saturated heterocycles. The fraction of sp³-hybridized carbons (Fsp3) is 0.462. The van der Waals surface area contributed by atoms with E-state index in [1.54, 1.807) is 0 Å². The van der Waals surface area contributed by atoms with Crippen LogP contribution in [0.5, 0.6) is 5.75 Å². The van der Waals surface area contributed by atoms with Crippen LogP contribution in [-0.2, 0) is 4.79 Å². The Kier molecular flexibility index (Phi) is 2.94. The molecule has 0 radical (unpaired) electrons. The standard InChI is InChI=1S/C13H16BrNO2/c1-7-5-9(14)8(2)10-11(7)17-6-13(3,4)12(16)15-10/h5H,6H2,1-4H3,(H,15,16). The molecular formula is C13H16BrNO2. The first-order chi connectivity index (χ1) is 7.83. The summed E-state index contributed by atoms with van der Waals surface area (Å²) in [7, 11) is 0. The van der Waals surface area contributed by atoms with Gasteiger partial charge in [-0.1, -0.05) is 15.9 Å². The molecule has 0 atom stereocenters. The molecule has 1 aromatic carbocycles. The SMILES string of the molecule is Cc1cc(Br)c(C)c2c1OCC(C)(C)C(=O)N2. The summed E-state index contributed by atoms with van der Waals surface area (Å²) in [5.74, 6) is 0.779. The fourth-order valence-electron chi connectivity index (χ4n) is 1.79. The predicted molar refractivity (Wildman–Crippen MR) is 71.5 cm³/mol. The van der Waals surface area contributed by atoms with Gasteiger partial charge in [-0.15, -0.1) is 0 Å². The Morgan fingerprint density at radius 3 is 2.71 bits per heavy atom. The van der Waals surface area contributed by atoms with Crippen molar-refractivity contribution in [2.24, 2.45) is 5.41 Å². The van der Waals surface area contributed by atoms with Crippen LogP contribution in [0.2, 0.25) is 0 Å². The lowest BCUT2D eigenvalue weighted by Crippen LogP contribution is -2.33. The monoisotopic (exact) mass is 297 g/mol. The van der Waals surface area contributed by atoms with Gasteiger partial charge in [-0.3, -0.25) is 4.79 Å². The highest BCUT2D eigenvalue weighted by molar-refractivity contribution is 9.10. The predicted octanol–water partition coefficient (Wildman–Crippen LogP) is 3.42. The summed E-state index contributed by atoms with van der Waals surface area (Å²) < 4.78 is 6.78. The van der Waals surface area contributed by atoms with Crippen LogP contribution in [0.1, 0.15) is 25.0 Å². The number of anilines is 1. The van der Waals surface area contributed by atoms with E-state index >= 15 is 0 Å². The van der Waals surface area contributed by atoms with E-state index in [4.69, 9.17) is 4.74 Å². The van der Waals surface area contributed by atoms with Crippen LogP contribution in [0.4, 0.5) is 5.69 Å². The molecule has 1 aliphatic rings. The molecule has 1 aliphatic heterocycles. The van der Waals surface area contributed by atoms with Gasteiger partial charge in [-0.25, -0.2) is 0 Å². The Balaban J connectivity index is 2.58. The maximum Gasteiger partial charge on any atom is 0.233 e. The van der Waals surface area contributed by atoms with Crippen LogP contribution in [0, 0.1) is 19.3 Å². The first-order valence-corrected chi connectivity index (χ1v) is 6.36. The van der Waals surface area contributed by atoms with Gasteiger partial charge in [0.2, 0.25) is 5.91 Å². The van der Waals surface area contributed by atoms with Gasteiger partial charge in [0.05, 0.1) is 11.1 Å². The van der Waals surface area contributed by atoms with Crippen LogP contribution < -0.4 is 10.1 Å². The molecule has 3 nitrogen and oxygen atoms in total. The van der Waals surface area contributed by atoms with E-state index in [9.17, 15) is 4.79 Å². The maximum absolute atomic E-state index is 12.1. The number of fused-ring (bicyclic) bond motifs is 1. The minimum Gasteiger partial charge on any atom is -0.490 e. The number of aryl methyl sites for hydroxylation is 1. The van der Waals surface area contributed by atoms with E-state index in [1.165, 1.54) is 0 Å². The Hall–Kier alpha value is -1.03. The number of carbonyl (C=O) groups excluding carboxylic acids is 1. The van der Waals surface area contributed by atoms with Crippen molar-refractivity contribution >= 4 is 27.5 Å². The average molecular weight is 298 g/mol. The lowest BCUT2D eigenvalue weighted by atomic mass is 9.94. The molecule has 0 fully saturated rings. The van der Waals surface area contributed by atoms with Gasteiger partial charge in [-0.2, -0.15) is 0 Å². The van der Waals surface area contributed by atoms with Crippen LogP contribution in [-0.4, -0.2) is 12.5 Å². The highest BCUT2D eigenvalue weighted by atomic mass is 79.9. The number of nitrogens with one attached hydrogen (secondary N) is 1. The molecule has 0 aliphatic carbocycles. The molecular weight excluding hydrogens is 282 g/mol. The van der Waals surface area contributed by atoms with Gasteiger partial charge in [0.25, 0.3) is 0 Å². The zero-order chi connectivity index (χ0) is 12.8. The highest BCUT2D eigenvalue weighted by Gasteiger charge is 2.33.